The molecule has 0 bridgehead atoms. The molecule has 17 heavy (non-hydrogen) atoms. The van der Waals surface area contributed by atoms with E-state index in [0.717, 1.165) is 32.1 Å². The largest absolute Gasteiger partial charge is 0.393 e. The highest BCUT2D eigenvalue weighted by molar-refractivity contribution is 5.75. The van der Waals surface area contributed by atoms with Crippen molar-refractivity contribution in [3.8, 4) is 0 Å². The summed E-state index contributed by atoms with van der Waals surface area (Å²) in [5.41, 5.74) is 0. The molecule has 3 unspecified atom stereocenters. The van der Waals surface area contributed by atoms with Crippen molar-refractivity contribution in [3.05, 3.63) is 0 Å². The second-order valence-corrected chi connectivity index (χ2v) is 5.00. The monoisotopic (exact) mass is 243 g/mol. The standard InChI is InChI=1S/C13H25NO3/c1-10(17-2)7-8-13(16)14-9-11-5-3-4-6-12(11)15/h10-12,15H,3-9H2,1-2H3,(H,14,16). The van der Waals surface area contributed by atoms with Gasteiger partial charge in [-0.3, -0.25) is 4.79 Å². The molecule has 1 aliphatic carbocycles. The summed E-state index contributed by atoms with van der Waals surface area (Å²) in [4.78, 5) is 11.6. The Morgan fingerprint density at radius 3 is 2.82 bits per heavy atom. The molecule has 1 saturated carbocycles. The number of aliphatic hydroxyl groups excluding tert-OH is 1. The molecule has 0 aromatic rings. The number of rotatable bonds is 6. The first-order chi connectivity index (χ1) is 8.13. The van der Waals surface area contributed by atoms with Crippen molar-refractivity contribution >= 4 is 5.91 Å². The maximum absolute atomic E-state index is 11.6. The van der Waals surface area contributed by atoms with Gasteiger partial charge in [-0.2, -0.15) is 0 Å². The molecule has 0 aromatic carbocycles. The van der Waals surface area contributed by atoms with Gasteiger partial charge in [-0.15, -0.1) is 0 Å². The quantitative estimate of drug-likeness (QED) is 0.742. The van der Waals surface area contributed by atoms with Crippen LogP contribution >= 0.6 is 0 Å². The number of carbonyl (C=O) groups excluding carboxylic acids is 1. The third kappa shape index (κ3) is 5.50. The molecule has 0 saturated heterocycles. The van der Waals surface area contributed by atoms with Crippen molar-refractivity contribution in [2.75, 3.05) is 13.7 Å². The van der Waals surface area contributed by atoms with E-state index in [0.29, 0.717) is 13.0 Å². The lowest BCUT2D eigenvalue weighted by Gasteiger charge is -2.27. The van der Waals surface area contributed by atoms with Gasteiger partial charge in [0.1, 0.15) is 0 Å². The summed E-state index contributed by atoms with van der Waals surface area (Å²) in [6.07, 6.45) is 5.31. The smallest absolute Gasteiger partial charge is 0.220 e. The Bertz CT molecular complexity index is 233. The first kappa shape index (κ1) is 14.5. The maximum Gasteiger partial charge on any atom is 0.220 e. The summed E-state index contributed by atoms with van der Waals surface area (Å²) in [6.45, 7) is 2.57. The molecule has 0 aromatic heterocycles. The highest BCUT2D eigenvalue weighted by Crippen LogP contribution is 2.23. The first-order valence-electron chi connectivity index (χ1n) is 6.61. The summed E-state index contributed by atoms with van der Waals surface area (Å²) in [5.74, 6) is 0.305. The Balaban J connectivity index is 2.14. The minimum atomic E-state index is -0.234. The van der Waals surface area contributed by atoms with Gasteiger partial charge < -0.3 is 15.2 Å². The van der Waals surface area contributed by atoms with Gasteiger partial charge >= 0.3 is 0 Å². The molecule has 0 spiro atoms. The van der Waals surface area contributed by atoms with E-state index < -0.39 is 0 Å². The van der Waals surface area contributed by atoms with Crippen LogP contribution in [0.15, 0.2) is 0 Å². The summed E-state index contributed by atoms with van der Waals surface area (Å²) in [6, 6.07) is 0. The van der Waals surface area contributed by atoms with Crippen molar-refractivity contribution < 1.29 is 14.6 Å². The summed E-state index contributed by atoms with van der Waals surface area (Å²) in [7, 11) is 1.65. The summed E-state index contributed by atoms with van der Waals surface area (Å²) in [5, 5.41) is 12.7. The van der Waals surface area contributed by atoms with Gasteiger partial charge in [0, 0.05) is 26.0 Å². The van der Waals surface area contributed by atoms with E-state index in [9.17, 15) is 9.90 Å². The molecule has 1 fully saturated rings. The van der Waals surface area contributed by atoms with Crippen LogP contribution in [0.3, 0.4) is 0 Å². The fourth-order valence-electron chi connectivity index (χ4n) is 2.21. The van der Waals surface area contributed by atoms with Gasteiger partial charge in [0.15, 0.2) is 0 Å². The molecule has 2 N–H and O–H groups in total. The predicted molar refractivity (Wildman–Crippen MR) is 66.7 cm³/mol. The summed E-state index contributed by atoms with van der Waals surface area (Å²) < 4.78 is 5.09. The number of carbonyl (C=O) groups is 1. The second-order valence-electron chi connectivity index (χ2n) is 5.00. The number of aliphatic hydroxyl groups is 1. The van der Waals surface area contributed by atoms with Crippen LogP contribution in [0.4, 0.5) is 0 Å². The molecule has 4 heteroatoms. The average Bonchev–Trinajstić information content (AvgIpc) is 2.35. The molecule has 1 amide bonds. The SMILES string of the molecule is COC(C)CCC(=O)NCC1CCCCC1O. The van der Waals surface area contributed by atoms with E-state index in [1.54, 1.807) is 7.11 Å². The van der Waals surface area contributed by atoms with Crippen molar-refractivity contribution in [2.24, 2.45) is 5.92 Å². The Morgan fingerprint density at radius 2 is 2.18 bits per heavy atom. The van der Waals surface area contributed by atoms with Crippen molar-refractivity contribution in [2.45, 2.75) is 57.7 Å². The van der Waals surface area contributed by atoms with Crippen LogP contribution in [0, 0.1) is 5.92 Å². The zero-order chi connectivity index (χ0) is 12.7. The second kappa shape index (κ2) is 7.67. The summed E-state index contributed by atoms with van der Waals surface area (Å²) >= 11 is 0. The average molecular weight is 243 g/mol. The van der Waals surface area contributed by atoms with E-state index in [2.05, 4.69) is 5.32 Å². The fraction of sp³-hybridized carbons (Fsp3) is 0.923. The van der Waals surface area contributed by atoms with Crippen molar-refractivity contribution in [1.29, 1.82) is 0 Å². The lowest BCUT2D eigenvalue weighted by molar-refractivity contribution is -0.122. The molecule has 100 valence electrons. The number of hydrogen-bond acceptors (Lipinski definition) is 3. The fourth-order valence-corrected chi connectivity index (χ4v) is 2.21. The minimum absolute atomic E-state index is 0.0617. The molecule has 0 heterocycles. The van der Waals surface area contributed by atoms with Crippen molar-refractivity contribution in [1.82, 2.24) is 5.32 Å². The molecule has 1 rings (SSSR count). The zero-order valence-electron chi connectivity index (χ0n) is 10.9. The molecular formula is C13H25NO3. The van der Waals surface area contributed by atoms with Crippen LogP contribution in [0.5, 0.6) is 0 Å². The number of nitrogens with one attached hydrogen (secondary N) is 1. The predicted octanol–water partition coefficient (Wildman–Crippen LogP) is 1.47. The Kier molecular flexibility index (Phi) is 6.52. The van der Waals surface area contributed by atoms with Gasteiger partial charge in [0.25, 0.3) is 0 Å². The van der Waals surface area contributed by atoms with Crippen LogP contribution < -0.4 is 5.32 Å². The molecule has 3 atom stereocenters. The van der Waals surface area contributed by atoms with Gasteiger partial charge in [0.05, 0.1) is 12.2 Å². The van der Waals surface area contributed by atoms with Crippen LogP contribution in [-0.4, -0.2) is 36.9 Å². The van der Waals surface area contributed by atoms with Crippen molar-refractivity contribution in [3.63, 3.8) is 0 Å². The van der Waals surface area contributed by atoms with Crippen LogP contribution in [0.25, 0.3) is 0 Å². The molecule has 4 nitrogen and oxygen atoms in total. The van der Waals surface area contributed by atoms with Gasteiger partial charge in [-0.25, -0.2) is 0 Å². The lowest BCUT2D eigenvalue weighted by atomic mass is 9.86. The number of hydrogen-bond donors (Lipinski definition) is 2. The highest BCUT2D eigenvalue weighted by Gasteiger charge is 2.23. The molecule has 0 radical (unpaired) electrons. The van der Waals surface area contributed by atoms with E-state index in [1.165, 1.54) is 0 Å². The Hall–Kier alpha value is -0.610. The van der Waals surface area contributed by atoms with Crippen LogP contribution in [0.1, 0.15) is 45.4 Å². The number of methoxy groups -OCH3 is 1. The maximum atomic E-state index is 11.6. The number of amides is 1. The molecular weight excluding hydrogens is 218 g/mol. The molecule has 1 aliphatic rings. The first-order valence-corrected chi connectivity index (χ1v) is 6.61. The topological polar surface area (TPSA) is 58.6 Å². The highest BCUT2D eigenvalue weighted by atomic mass is 16.5. The van der Waals surface area contributed by atoms with Crippen LogP contribution in [0.2, 0.25) is 0 Å². The van der Waals surface area contributed by atoms with E-state index in [1.807, 2.05) is 6.92 Å². The molecule has 0 aliphatic heterocycles. The Morgan fingerprint density at radius 1 is 1.47 bits per heavy atom. The zero-order valence-corrected chi connectivity index (χ0v) is 10.9. The third-order valence-electron chi connectivity index (χ3n) is 3.61. The van der Waals surface area contributed by atoms with Crippen LogP contribution in [-0.2, 0) is 9.53 Å². The van der Waals surface area contributed by atoms with Gasteiger partial charge in [-0.1, -0.05) is 12.8 Å². The minimum Gasteiger partial charge on any atom is -0.393 e. The lowest BCUT2D eigenvalue weighted by Crippen LogP contribution is -2.36. The third-order valence-corrected chi connectivity index (χ3v) is 3.61. The number of ether oxygens (including phenoxy) is 1. The van der Waals surface area contributed by atoms with Gasteiger partial charge in [-0.05, 0) is 26.2 Å². The van der Waals surface area contributed by atoms with Gasteiger partial charge in [0.2, 0.25) is 5.91 Å². The Labute approximate surface area is 104 Å². The van der Waals surface area contributed by atoms with E-state index in [-0.39, 0.29) is 24.0 Å². The van der Waals surface area contributed by atoms with E-state index in [4.69, 9.17) is 4.74 Å². The van der Waals surface area contributed by atoms with E-state index >= 15 is 0 Å². The normalized spacial score (nSPS) is 26.5.